The third-order valence-corrected chi connectivity index (χ3v) is 5.15. The van der Waals surface area contributed by atoms with Crippen LogP contribution in [-0.4, -0.2) is 25.0 Å². The number of carbonyl (C=O) groups excluding carboxylic acids is 2. The average Bonchev–Trinajstić information content (AvgIpc) is 2.75. The van der Waals surface area contributed by atoms with E-state index in [0.717, 1.165) is 6.42 Å². The summed E-state index contributed by atoms with van der Waals surface area (Å²) in [5, 5.41) is 0. The fourth-order valence-electron chi connectivity index (χ4n) is 2.66. The lowest BCUT2D eigenvalue weighted by atomic mass is 9.82. The van der Waals surface area contributed by atoms with Crippen molar-refractivity contribution >= 4 is 11.8 Å². The summed E-state index contributed by atoms with van der Waals surface area (Å²) in [5.41, 5.74) is 7.13. The minimum atomic E-state index is -0.456. The van der Waals surface area contributed by atoms with E-state index in [0.29, 0.717) is 17.4 Å². The Morgan fingerprint density at radius 3 is 1.67 bits per heavy atom. The zero-order valence-electron chi connectivity index (χ0n) is 18.5. The second-order valence-electron chi connectivity index (χ2n) is 8.16. The van der Waals surface area contributed by atoms with Gasteiger partial charge in [-0.15, -0.1) is 0 Å². The van der Waals surface area contributed by atoms with E-state index < -0.39 is 11.8 Å². The first-order valence-electron chi connectivity index (χ1n) is 10.2. The van der Waals surface area contributed by atoms with E-state index in [9.17, 15) is 9.59 Å². The minimum absolute atomic E-state index is 0.0960. The van der Waals surface area contributed by atoms with E-state index in [1.54, 1.807) is 0 Å². The van der Waals surface area contributed by atoms with E-state index in [1.807, 2.05) is 48.5 Å². The van der Waals surface area contributed by atoms with Crippen LogP contribution in [0.3, 0.4) is 0 Å². The number of hydrogen-bond acceptors (Lipinski definition) is 4. The van der Waals surface area contributed by atoms with Crippen molar-refractivity contribution < 1.29 is 19.1 Å². The van der Waals surface area contributed by atoms with Crippen LogP contribution in [0.1, 0.15) is 58.1 Å². The summed E-state index contributed by atoms with van der Waals surface area (Å²) in [6, 6.07) is 15.3. The zero-order valence-corrected chi connectivity index (χ0v) is 18.5. The number of benzene rings is 2. The normalized spacial score (nSPS) is 11.1. The van der Waals surface area contributed by atoms with E-state index in [4.69, 9.17) is 9.47 Å². The molecule has 6 nitrogen and oxygen atoms in total. The third-order valence-electron chi connectivity index (χ3n) is 5.15. The average molecular weight is 413 g/mol. The molecule has 0 heterocycles. The summed E-state index contributed by atoms with van der Waals surface area (Å²) in [6.45, 7) is 10.3. The second-order valence-corrected chi connectivity index (χ2v) is 8.16. The molecule has 0 aromatic heterocycles. The van der Waals surface area contributed by atoms with E-state index in [2.05, 4.69) is 45.5 Å². The molecule has 2 N–H and O–H groups in total. The van der Waals surface area contributed by atoms with E-state index in [1.165, 1.54) is 11.1 Å². The van der Waals surface area contributed by atoms with Crippen LogP contribution in [0.5, 0.6) is 11.5 Å². The summed E-state index contributed by atoms with van der Waals surface area (Å²) in [6.07, 6.45) is 1.03. The van der Waals surface area contributed by atoms with E-state index >= 15 is 0 Å². The lowest BCUT2D eigenvalue weighted by molar-refractivity contribution is -0.131. The summed E-state index contributed by atoms with van der Waals surface area (Å²) < 4.78 is 10.9. The quantitative estimate of drug-likeness (QED) is 0.608. The Balaban J connectivity index is 1.69. The van der Waals surface area contributed by atoms with Crippen LogP contribution in [0.2, 0.25) is 0 Å². The smallest absolute Gasteiger partial charge is 0.276 e. The van der Waals surface area contributed by atoms with Gasteiger partial charge in [-0.3, -0.25) is 20.4 Å². The topological polar surface area (TPSA) is 76.7 Å². The van der Waals surface area contributed by atoms with Gasteiger partial charge in [-0.05, 0) is 53.1 Å². The molecule has 0 atom stereocenters. The van der Waals surface area contributed by atoms with Gasteiger partial charge in [0.05, 0.1) is 0 Å². The Hall–Kier alpha value is -3.02. The molecule has 2 aromatic rings. The lowest BCUT2D eigenvalue weighted by Crippen LogP contribution is -2.45. The maximum Gasteiger partial charge on any atom is 0.276 e. The molecule has 0 bridgehead atoms. The number of amides is 2. The van der Waals surface area contributed by atoms with Crippen molar-refractivity contribution in [2.75, 3.05) is 13.2 Å². The summed E-state index contributed by atoms with van der Waals surface area (Å²) in [4.78, 5) is 23.7. The molecule has 0 unspecified atom stereocenters. The molecule has 2 aromatic carbocycles. The van der Waals surface area contributed by atoms with Crippen LogP contribution in [0, 0.1) is 0 Å². The highest BCUT2D eigenvalue weighted by atomic mass is 16.5. The largest absolute Gasteiger partial charge is 0.484 e. The van der Waals surface area contributed by atoms with Crippen molar-refractivity contribution in [3.05, 3.63) is 59.7 Å². The van der Waals surface area contributed by atoms with Crippen LogP contribution in [0.25, 0.3) is 0 Å². The van der Waals surface area contributed by atoms with Crippen molar-refractivity contribution in [1.82, 2.24) is 10.9 Å². The van der Waals surface area contributed by atoms with Gasteiger partial charge in [-0.2, -0.15) is 0 Å². The highest BCUT2D eigenvalue weighted by Gasteiger charge is 2.17. The van der Waals surface area contributed by atoms with Crippen molar-refractivity contribution in [3.63, 3.8) is 0 Å². The summed E-state index contributed by atoms with van der Waals surface area (Å²) >= 11 is 0. The van der Waals surface area contributed by atoms with Gasteiger partial charge < -0.3 is 9.47 Å². The molecule has 0 aliphatic rings. The first kappa shape index (κ1) is 23.3. The second kappa shape index (κ2) is 10.7. The number of rotatable bonds is 9. The molecule has 0 fully saturated rings. The predicted molar refractivity (Wildman–Crippen MR) is 118 cm³/mol. The number of hydrogen-bond donors (Lipinski definition) is 2. The first-order valence-corrected chi connectivity index (χ1v) is 10.2. The van der Waals surface area contributed by atoms with Gasteiger partial charge in [0.15, 0.2) is 13.2 Å². The SMILES string of the molecule is CCC(C)(C)c1ccc(OCC(=O)NNC(=O)COc2ccc(C(C)C)cc2)cc1. The lowest BCUT2D eigenvalue weighted by Gasteiger charge is -2.23. The van der Waals surface area contributed by atoms with Crippen LogP contribution in [0.4, 0.5) is 0 Å². The summed E-state index contributed by atoms with van der Waals surface area (Å²) in [7, 11) is 0. The van der Waals surface area contributed by atoms with Crippen LogP contribution in [-0.2, 0) is 15.0 Å². The molecule has 2 amide bonds. The zero-order chi connectivity index (χ0) is 22.1. The minimum Gasteiger partial charge on any atom is -0.484 e. The standard InChI is InChI=1S/C24H32N2O4/c1-6-24(4,5)19-9-13-21(14-10-19)30-16-23(28)26-25-22(27)15-29-20-11-7-18(8-12-20)17(2)3/h7-14,17H,6,15-16H2,1-5H3,(H,25,27)(H,26,28). The molecule has 2 rings (SSSR count). The maximum atomic E-state index is 11.9. The van der Waals surface area contributed by atoms with Gasteiger partial charge in [0.25, 0.3) is 11.8 Å². The van der Waals surface area contributed by atoms with Crippen LogP contribution >= 0.6 is 0 Å². The molecule has 6 heteroatoms. The van der Waals surface area contributed by atoms with E-state index in [-0.39, 0.29) is 18.6 Å². The van der Waals surface area contributed by atoms with Crippen molar-refractivity contribution in [2.24, 2.45) is 0 Å². The number of nitrogens with one attached hydrogen (secondary N) is 2. The fraction of sp³-hybridized carbons (Fsp3) is 0.417. The van der Waals surface area contributed by atoms with Crippen molar-refractivity contribution in [2.45, 2.75) is 52.4 Å². The first-order chi connectivity index (χ1) is 14.2. The number of hydrazine groups is 1. The molecule has 0 saturated carbocycles. The Kier molecular flexibility index (Phi) is 8.27. The molecular formula is C24H32N2O4. The Bertz CT molecular complexity index is 827. The van der Waals surface area contributed by atoms with Gasteiger partial charge in [0.2, 0.25) is 0 Å². The third kappa shape index (κ3) is 7.10. The molecule has 0 radical (unpaired) electrons. The molecule has 0 spiro atoms. The molecule has 0 aliphatic carbocycles. The molecule has 162 valence electrons. The highest BCUT2D eigenvalue weighted by molar-refractivity contribution is 5.83. The van der Waals surface area contributed by atoms with Gasteiger partial charge >= 0.3 is 0 Å². The van der Waals surface area contributed by atoms with Crippen LogP contribution < -0.4 is 20.3 Å². The Morgan fingerprint density at radius 1 is 0.833 bits per heavy atom. The van der Waals surface area contributed by atoms with Gasteiger partial charge in [0, 0.05) is 0 Å². The fourth-order valence-corrected chi connectivity index (χ4v) is 2.66. The van der Waals surface area contributed by atoms with Crippen molar-refractivity contribution in [1.29, 1.82) is 0 Å². The van der Waals surface area contributed by atoms with Gasteiger partial charge in [0.1, 0.15) is 11.5 Å². The number of ether oxygens (including phenoxy) is 2. The molecular weight excluding hydrogens is 380 g/mol. The van der Waals surface area contributed by atoms with Gasteiger partial charge in [-0.25, -0.2) is 0 Å². The molecule has 0 saturated heterocycles. The van der Waals surface area contributed by atoms with Crippen LogP contribution in [0.15, 0.2) is 48.5 Å². The summed E-state index contributed by atoms with van der Waals surface area (Å²) in [5.74, 6) is 0.713. The van der Waals surface area contributed by atoms with Crippen molar-refractivity contribution in [3.8, 4) is 11.5 Å². The highest BCUT2D eigenvalue weighted by Crippen LogP contribution is 2.28. The molecule has 30 heavy (non-hydrogen) atoms. The Labute approximate surface area is 178 Å². The Morgan fingerprint density at radius 2 is 1.27 bits per heavy atom. The monoisotopic (exact) mass is 412 g/mol. The molecule has 0 aliphatic heterocycles. The predicted octanol–water partition coefficient (Wildman–Crippen LogP) is 4.10. The van der Waals surface area contributed by atoms with Gasteiger partial charge in [-0.1, -0.05) is 58.9 Å². The maximum absolute atomic E-state index is 11.9. The number of carbonyl (C=O) groups is 2.